The summed E-state index contributed by atoms with van der Waals surface area (Å²) in [5.74, 6) is 0.248. The number of phenols is 1. The van der Waals surface area contributed by atoms with E-state index in [1.165, 1.54) is 30.3 Å². The Morgan fingerprint density at radius 1 is 0.714 bits per heavy atom. The lowest BCUT2D eigenvalue weighted by Gasteiger charge is -2.24. The van der Waals surface area contributed by atoms with Gasteiger partial charge < -0.3 is 19.1 Å². The normalized spacial score (nSPS) is 12.0. The fourth-order valence-corrected chi connectivity index (χ4v) is 8.44. The molecule has 6 rings (SSSR count). The van der Waals surface area contributed by atoms with E-state index in [0.29, 0.717) is 50.8 Å². The van der Waals surface area contributed by atoms with E-state index in [4.69, 9.17) is 32.7 Å². The molecule has 1 atom stereocenters. The number of ketones is 1. The minimum atomic E-state index is -4.51. The van der Waals surface area contributed by atoms with Crippen LogP contribution in [0, 0.1) is 5.82 Å². The number of hydrogen-bond donors (Lipinski definition) is 1. The first-order valence-corrected chi connectivity index (χ1v) is 20.5. The van der Waals surface area contributed by atoms with Gasteiger partial charge in [-0.05, 0) is 101 Å². The largest absolute Gasteiger partial charge is 0.772 e. The topological polar surface area (TPSA) is 133 Å². The smallest absolute Gasteiger partial charge is 0.247 e. The van der Waals surface area contributed by atoms with E-state index in [0.717, 1.165) is 10.4 Å². The second-order valence-electron chi connectivity index (χ2n) is 12.7. The number of nitrogens with zero attached hydrogens (tertiary/aromatic N) is 1. The van der Waals surface area contributed by atoms with E-state index in [-0.39, 0.29) is 47.5 Å². The highest BCUT2D eigenvalue weighted by Crippen LogP contribution is 2.37. The third-order valence-electron chi connectivity index (χ3n) is 8.49. The minimum absolute atomic E-state index is 0.0138. The Morgan fingerprint density at radius 3 is 2.05 bits per heavy atom. The predicted octanol–water partition coefficient (Wildman–Crippen LogP) is 10.0. The highest BCUT2D eigenvalue weighted by molar-refractivity contribution is 7.89. The highest BCUT2D eigenvalue weighted by atomic mass is 35.5. The molecule has 56 heavy (non-hydrogen) atoms. The van der Waals surface area contributed by atoms with Crippen LogP contribution in [0.1, 0.15) is 39.0 Å². The second-order valence-corrected chi connectivity index (χ2v) is 16.3. The van der Waals surface area contributed by atoms with Gasteiger partial charge in [0.25, 0.3) is 0 Å². The standard InChI is InChI=1S/C42H34Cl2FNO8S2/c43-33-23-39(44)42(48)41(24-33)56(51,52)46(25-28-9-11-29(12-10-28)27-55(49)50)26-31-19-30(20-38(21-31)54-36-16-14-34(45)15-17-36)13-18-40(47)32-5-4-8-37(22-32)53-35-6-2-1-3-7-35/h1-12,14-17,19-24,48H,13,18,25-27H2,(H,49,50)/p-1. The molecule has 6 aromatic rings. The van der Waals surface area contributed by atoms with Gasteiger partial charge in [-0.15, -0.1) is 0 Å². The molecular weight excluding hydrogens is 800 g/mol. The zero-order chi connectivity index (χ0) is 39.8. The fourth-order valence-electron chi connectivity index (χ4n) is 5.81. The van der Waals surface area contributed by atoms with E-state index < -0.39 is 37.6 Å². The molecule has 1 unspecified atom stereocenters. The van der Waals surface area contributed by atoms with Gasteiger partial charge in [-0.1, -0.05) is 94.9 Å². The molecule has 0 aliphatic carbocycles. The molecule has 0 spiro atoms. The van der Waals surface area contributed by atoms with Gasteiger partial charge in [0.05, 0.1) is 5.02 Å². The number of carbonyl (C=O) groups excluding carboxylic acids is 1. The van der Waals surface area contributed by atoms with Gasteiger partial charge in [0.1, 0.15) is 33.7 Å². The molecule has 0 aliphatic heterocycles. The Bertz CT molecular complexity index is 2470. The summed E-state index contributed by atoms with van der Waals surface area (Å²) in [5, 5.41) is 10.5. The Hall–Kier alpha value is -5.08. The maximum atomic E-state index is 14.3. The maximum absolute atomic E-state index is 14.3. The number of Topliss-reactive ketones (excluding diaryl/α,β-unsaturated/α-hetero) is 1. The number of aromatic hydroxyl groups is 1. The van der Waals surface area contributed by atoms with Crippen LogP contribution in [0.3, 0.4) is 0 Å². The van der Waals surface area contributed by atoms with Crippen LogP contribution in [0.25, 0.3) is 0 Å². The van der Waals surface area contributed by atoms with Gasteiger partial charge in [-0.25, -0.2) is 12.8 Å². The van der Waals surface area contributed by atoms with Crippen molar-refractivity contribution in [1.82, 2.24) is 4.31 Å². The molecule has 288 valence electrons. The van der Waals surface area contributed by atoms with Crippen molar-refractivity contribution in [2.45, 2.75) is 36.6 Å². The Labute approximate surface area is 336 Å². The van der Waals surface area contributed by atoms with E-state index >= 15 is 0 Å². The molecule has 0 amide bonds. The van der Waals surface area contributed by atoms with Crippen LogP contribution >= 0.6 is 23.2 Å². The van der Waals surface area contributed by atoms with Gasteiger partial charge in [0, 0.05) is 35.8 Å². The molecule has 1 N–H and O–H groups in total. The van der Waals surface area contributed by atoms with Crippen molar-refractivity contribution >= 4 is 50.1 Å². The molecule has 0 bridgehead atoms. The van der Waals surface area contributed by atoms with Gasteiger partial charge in [0.15, 0.2) is 11.5 Å². The number of benzene rings is 6. The first-order chi connectivity index (χ1) is 26.8. The first kappa shape index (κ1) is 40.6. The molecule has 0 radical (unpaired) electrons. The number of halogens is 3. The Balaban J connectivity index is 1.32. The summed E-state index contributed by atoms with van der Waals surface area (Å²) in [5.41, 5.74) is 2.58. The van der Waals surface area contributed by atoms with E-state index in [1.54, 1.807) is 66.7 Å². The third-order valence-corrected chi connectivity index (χ3v) is 11.4. The zero-order valence-corrected chi connectivity index (χ0v) is 32.6. The lowest BCUT2D eigenvalue weighted by atomic mass is 10.0. The molecule has 0 aromatic heterocycles. The first-order valence-electron chi connectivity index (χ1n) is 17.1. The van der Waals surface area contributed by atoms with Crippen LogP contribution in [0.5, 0.6) is 28.7 Å². The summed E-state index contributed by atoms with van der Waals surface area (Å²) in [6.07, 6.45) is 0.335. The van der Waals surface area contributed by atoms with Crippen molar-refractivity contribution in [3.05, 3.63) is 177 Å². The van der Waals surface area contributed by atoms with Crippen LogP contribution in [0.4, 0.5) is 4.39 Å². The number of hydrogen-bond acceptors (Lipinski definition) is 8. The molecule has 9 nitrogen and oxygen atoms in total. The summed E-state index contributed by atoms with van der Waals surface area (Å²) in [4.78, 5) is 12.9. The maximum Gasteiger partial charge on any atom is 0.247 e. The number of sulfonamides is 1. The highest BCUT2D eigenvalue weighted by Gasteiger charge is 2.30. The molecule has 0 saturated heterocycles. The zero-order valence-electron chi connectivity index (χ0n) is 29.4. The van der Waals surface area contributed by atoms with Crippen molar-refractivity contribution in [3.8, 4) is 28.7 Å². The summed E-state index contributed by atoms with van der Waals surface area (Å²) < 4.78 is 78.0. The van der Waals surface area contributed by atoms with Crippen LogP contribution in [0.15, 0.2) is 138 Å². The monoisotopic (exact) mass is 832 g/mol. The number of rotatable bonds is 16. The summed E-state index contributed by atoms with van der Waals surface area (Å²) >= 11 is 10.0. The average Bonchev–Trinajstić information content (AvgIpc) is 3.17. The van der Waals surface area contributed by atoms with Gasteiger partial charge in [0.2, 0.25) is 10.0 Å². The molecular formula is C42H33Cl2FNO8S2-. The van der Waals surface area contributed by atoms with E-state index in [9.17, 15) is 31.5 Å². The summed E-state index contributed by atoms with van der Waals surface area (Å²) in [6, 6.07) is 35.2. The van der Waals surface area contributed by atoms with Crippen molar-refractivity contribution in [3.63, 3.8) is 0 Å². The quantitative estimate of drug-likeness (QED) is 0.0753. The molecule has 14 heteroatoms. The number of carbonyl (C=O) groups is 1. The molecule has 0 aliphatic rings. The summed E-state index contributed by atoms with van der Waals surface area (Å²) in [6.45, 7) is -0.455. The molecule has 0 saturated carbocycles. The molecule has 6 aromatic carbocycles. The fraction of sp³-hybridized carbons (Fsp3) is 0.119. The SMILES string of the molecule is O=C(CCc1cc(CN(Cc2ccc(CS(=O)[O-])cc2)S(=O)(=O)c2cc(Cl)cc(Cl)c2O)cc(Oc2ccc(F)cc2)c1)c1cccc(Oc2ccccc2)c1. The van der Waals surface area contributed by atoms with Crippen LogP contribution < -0.4 is 9.47 Å². The van der Waals surface area contributed by atoms with Crippen molar-refractivity contribution < 1.29 is 40.9 Å². The molecule has 0 fully saturated rings. The van der Waals surface area contributed by atoms with Crippen LogP contribution in [-0.2, 0) is 46.4 Å². The summed E-state index contributed by atoms with van der Waals surface area (Å²) in [7, 11) is -4.51. The lowest BCUT2D eigenvalue weighted by molar-refractivity contribution is 0.0982. The third kappa shape index (κ3) is 10.8. The lowest BCUT2D eigenvalue weighted by Crippen LogP contribution is -2.30. The van der Waals surface area contributed by atoms with Crippen molar-refractivity contribution in [2.24, 2.45) is 0 Å². The average molecular weight is 834 g/mol. The number of para-hydroxylation sites is 1. The molecule has 0 heterocycles. The number of aryl methyl sites for hydroxylation is 1. The predicted molar refractivity (Wildman–Crippen MR) is 212 cm³/mol. The second kappa shape index (κ2) is 18.2. The van der Waals surface area contributed by atoms with Crippen molar-refractivity contribution in [2.75, 3.05) is 0 Å². The number of ether oxygens (including phenoxy) is 2. The van der Waals surface area contributed by atoms with E-state index in [2.05, 4.69) is 0 Å². The Morgan fingerprint density at radius 2 is 1.34 bits per heavy atom. The van der Waals surface area contributed by atoms with Gasteiger partial charge in [-0.3, -0.25) is 9.00 Å². The van der Waals surface area contributed by atoms with Gasteiger partial charge in [-0.2, -0.15) is 4.31 Å². The van der Waals surface area contributed by atoms with Gasteiger partial charge >= 0.3 is 0 Å². The van der Waals surface area contributed by atoms with Crippen LogP contribution in [-0.4, -0.2) is 32.4 Å². The Kier molecular flexibility index (Phi) is 13.2. The van der Waals surface area contributed by atoms with Crippen LogP contribution in [0.2, 0.25) is 10.0 Å². The van der Waals surface area contributed by atoms with E-state index in [1.807, 2.05) is 30.3 Å². The minimum Gasteiger partial charge on any atom is -0.772 e. The number of phenolic OH excluding ortho intramolecular Hbond substituents is 1. The van der Waals surface area contributed by atoms with Crippen molar-refractivity contribution in [1.29, 1.82) is 0 Å².